The molecule has 1 atom stereocenters. The highest BCUT2D eigenvalue weighted by atomic mass is 16.9. The summed E-state index contributed by atoms with van der Waals surface area (Å²) in [7, 11) is 0. The summed E-state index contributed by atoms with van der Waals surface area (Å²) in [5.74, 6) is -3.77. The van der Waals surface area contributed by atoms with Crippen LogP contribution in [0.3, 0.4) is 0 Å². The van der Waals surface area contributed by atoms with E-state index in [1.807, 2.05) is 0 Å². The second kappa shape index (κ2) is 9.36. The van der Waals surface area contributed by atoms with Gasteiger partial charge in [-0.15, -0.1) is 10.1 Å². The van der Waals surface area contributed by atoms with E-state index in [-0.39, 0.29) is 53.5 Å². The van der Waals surface area contributed by atoms with E-state index in [0.29, 0.717) is 0 Å². The SMILES string of the molecule is CC1=C(C(=O)OCCCO[N+](=O)[O-])C(c2cccc([N+](=O)[O-])c2)C(C(=O)O)=C(N)N1. The maximum atomic E-state index is 12.7. The van der Waals surface area contributed by atoms with Crippen molar-refractivity contribution in [3.63, 3.8) is 0 Å². The first-order chi connectivity index (χ1) is 14.1. The summed E-state index contributed by atoms with van der Waals surface area (Å²) in [6, 6.07) is 5.17. The lowest BCUT2D eigenvalue weighted by Gasteiger charge is -2.29. The predicted octanol–water partition coefficient (Wildman–Crippen LogP) is 0.952. The molecule has 0 amide bonds. The van der Waals surface area contributed by atoms with Crippen LogP contribution in [0.5, 0.6) is 0 Å². The molecule has 1 unspecified atom stereocenters. The summed E-state index contributed by atoms with van der Waals surface area (Å²) in [5.41, 5.74) is 5.42. The third-order valence-corrected chi connectivity index (χ3v) is 4.18. The third kappa shape index (κ3) is 5.01. The number of esters is 1. The number of nitrogens with two attached hydrogens (primary N) is 1. The molecular weight excluding hydrogens is 404 g/mol. The Hall–Kier alpha value is -4.16. The largest absolute Gasteiger partial charge is 0.478 e. The van der Waals surface area contributed by atoms with E-state index >= 15 is 0 Å². The van der Waals surface area contributed by atoms with Crippen molar-refractivity contribution in [3.8, 4) is 0 Å². The maximum Gasteiger partial charge on any atom is 0.336 e. The number of carboxylic acids is 1. The lowest BCUT2D eigenvalue weighted by molar-refractivity contribution is -0.757. The first-order valence-corrected chi connectivity index (χ1v) is 8.53. The van der Waals surface area contributed by atoms with Gasteiger partial charge in [-0.1, -0.05) is 12.1 Å². The number of nitro benzene ring substituents is 1. The van der Waals surface area contributed by atoms with Gasteiger partial charge in [0.05, 0.1) is 35.2 Å². The second-order valence-corrected chi connectivity index (χ2v) is 6.13. The lowest BCUT2D eigenvalue weighted by atomic mass is 9.81. The highest BCUT2D eigenvalue weighted by molar-refractivity contribution is 5.99. The second-order valence-electron chi connectivity index (χ2n) is 6.13. The number of allylic oxidation sites excluding steroid dienone is 1. The Labute approximate surface area is 169 Å². The van der Waals surface area contributed by atoms with E-state index in [9.17, 15) is 34.9 Å². The van der Waals surface area contributed by atoms with E-state index in [2.05, 4.69) is 10.2 Å². The van der Waals surface area contributed by atoms with Crippen LogP contribution >= 0.6 is 0 Å². The summed E-state index contributed by atoms with van der Waals surface area (Å²) in [5, 5.41) is 32.5. The molecular formula is C17H18N4O9. The Morgan fingerprint density at radius 2 is 1.93 bits per heavy atom. The monoisotopic (exact) mass is 422 g/mol. The molecule has 1 heterocycles. The zero-order valence-corrected chi connectivity index (χ0v) is 15.7. The summed E-state index contributed by atoms with van der Waals surface area (Å²) in [6.07, 6.45) is 0.0255. The van der Waals surface area contributed by atoms with Gasteiger partial charge in [0.1, 0.15) is 5.82 Å². The molecule has 0 bridgehead atoms. The number of carboxylic acid groups (broad SMARTS) is 1. The molecule has 1 aromatic carbocycles. The van der Waals surface area contributed by atoms with E-state index < -0.39 is 27.9 Å². The average Bonchev–Trinajstić information content (AvgIpc) is 2.66. The molecule has 0 saturated carbocycles. The fraction of sp³-hybridized carbons (Fsp3) is 0.294. The third-order valence-electron chi connectivity index (χ3n) is 4.18. The first kappa shape index (κ1) is 22.1. The van der Waals surface area contributed by atoms with Crippen LogP contribution in [0.2, 0.25) is 0 Å². The van der Waals surface area contributed by atoms with E-state index in [1.54, 1.807) is 0 Å². The molecule has 0 spiro atoms. The van der Waals surface area contributed by atoms with Crippen molar-refractivity contribution in [1.29, 1.82) is 0 Å². The van der Waals surface area contributed by atoms with Gasteiger partial charge in [-0.3, -0.25) is 10.1 Å². The van der Waals surface area contributed by atoms with Crippen LogP contribution in [0.15, 0.2) is 46.9 Å². The molecule has 4 N–H and O–H groups in total. The van der Waals surface area contributed by atoms with E-state index in [0.717, 1.165) is 6.07 Å². The van der Waals surface area contributed by atoms with Crippen LogP contribution in [0.25, 0.3) is 0 Å². The number of benzene rings is 1. The van der Waals surface area contributed by atoms with Crippen LogP contribution < -0.4 is 11.1 Å². The smallest absolute Gasteiger partial charge is 0.336 e. The molecule has 1 aliphatic rings. The lowest BCUT2D eigenvalue weighted by Crippen LogP contribution is -2.35. The number of rotatable bonds is 9. The van der Waals surface area contributed by atoms with Crippen LogP contribution in [-0.4, -0.2) is 40.3 Å². The number of ether oxygens (including phenoxy) is 1. The molecule has 160 valence electrons. The van der Waals surface area contributed by atoms with Crippen molar-refractivity contribution in [2.45, 2.75) is 19.3 Å². The van der Waals surface area contributed by atoms with Crippen molar-refractivity contribution in [3.05, 3.63) is 72.7 Å². The summed E-state index contributed by atoms with van der Waals surface area (Å²) >= 11 is 0. The highest BCUT2D eigenvalue weighted by Crippen LogP contribution is 2.38. The standard InChI is InChI=1S/C17H18N4O9/c1-9-12(17(24)29-6-3-7-30-21(27)28)13(14(16(22)23)15(18)19-9)10-4-2-5-11(8-10)20(25)26/h2,4-5,8,13,19H,3,6-7,18H2,1H3,(H,22,23). The number of nitro groups is 1. The van der Waals surface area contributed by atoms with Gasteiger partial charge < -0.3 is 25.7 Å². The van der Waals surface area contributed by atoms with Crippen molar-refractivity contribution >= 4 is 17.6 Å². The Kier molecular flexibility index (Phi) is 6.90. The molecule has 1 aromatic rings. The van der Waals surface area contributed by atoms with Crippen LogP contribution in [-0.2, 0) is 19.2 Å². The van der Waals surface area contributed by atoms with Gasteiger partial charge in [-0.2, -0.15) is 0 Å². The van der Waals surface area contributed by atoms with E-state index in [1.165, 1.54) is 25.1 Å². The number of carbonyl (C=O) groups is 2. The molecule has 13 heteroatoms. The number of aliphatic carboxylic acids is 1. The van der Waals surface area contributed by atoms with Gasteiger partial charge >= 0.3 is 11.9 Å². The quantitative estimate of drug-likeness (QED) is 0.222. The molecule has 0 aliphatic carbocycles. The number of nitrogens with zero attached hydrogens (tertiary/aromatic N) is 2. The molecule has 1 aliphatic heterocycles. The van der Waals surface area contributed by atoms with E-state index in [4.69, 9.17) is 10.5 Å². The zero-order valence-electron chi connectivity index (χ0n) is 15.7. The van der Waals surface area contributed by atoms with Crippen molar-refractivity contribution < 1.29 is 34.3 Å². The van der Waals surface area contributed by atoms with Crippen LogP contribution in [0, 0.1) is 20.2 Å². The van der Waals surface area contributed by atoms with Crippen LogP contribution in [0.4, 0.5) is 5.69 Å². The fourth-order valence-electron chi connectivity index (χ4n) is 2.95. The van der Waals surface area contributed by atoms with Gasteiger partial charge in [-0.05, 0) is 12.5 Å². The first-order valence-electron chi connectivity index (χ1n) is 8.53. The Balaban J connectivity index is 2.38. The van der Waals surface area contributed by atoms with Crippen molar-refractivity contribution in [2.24, 2.45) is 5.73 Å². The zero-order chi connectivity index (χ0) is 22.4. The van der Waals surface area contributed by atoms with Gasteiger partial charge in [0.2, 0.25) is 0 Å². The summed E-state index contributed by atoms with van der Waals surface area (Å²) in [6.45, 7) is 0.951. The number of carbonyl (C=O) groups excluding carboxylic acids is 1. The highest BCUT2D eigenvalue weighted by Gasteiger charge is 2.38. The fourth-order valence-corrected chi connectivity index (χ4v) is 2.95. The predicted molar refractivity (Wildman–Crippen MR) is 99.0 cm³/mol. The molecule has 0 fully saturated rings. The van der Waals surface area contributed by atoms with Crippen molar-refractivity contribution in [2.75, 3.05) is 13.2 Å². The Bertz CT molecular complexity index is 954. The minimum atomic E-state index is -1.42. The summed E-state index contributed by atoms with van der Waals surface area (Å²) < 4.78 is 5.10. The molecule has 2 rings (SSSR count). The maximum absolute atomic E-state index is 12.7. The normalized spacial score (nSPS) is 16.0. The van der Waals surface area contributed by atoms with Gasteiger partial charge in [0.15, 0.2) is 0 Å². The molecule has 0 saturated heterocycles. The number of nitrogens with one attached hydrogen (secondary N) is 1. The minimum Gasteiger partial charge on any atom is -0.478 e. The van der Waals surface area contributed by atoms with Crippen LogP contribution in [0.1, 0.15) is 24.8 Å². The number of hydrogen-bond donors (Lipinski definition) is 3. The average molecular weight is 422 g/mol. The molecule has 13 nitrogen and oxygen atoms in total. The Morgan fingerprint density at radius 1 is 1.23 bits per heavy atom. The number of dihydropyridines is 1. The van der Waals surface area contributed by atoms with Gasteiger partial charge in [-0.25, -0.2) is 9.59 Å². The van der Waals surface area contributed by atoms with Crippen molar-refractivity contribution in [1.82, 2.24) is 5.32 Å². The molecule has 30 heavy (non-hydrogen) atoms. The molecule has 0 radical (unpaired) electrons. The van der Waals surface area contributed by atoms with Gasteiger partial charge in [0.25, 0.3) is 10.8 Å². The number of hydrogen-bond acceptors (Lipinski definition) is 10. The molecule has 0 aromatic heterocycles. The Morgan fingerprint density at radius 3 is 2.53 bits per heavy atom. The summed E-state index contributed by atoms with van der Waals surface area (Å²) in [4.78, 5) is 49.3. The van der Waals surface area contributed by atoms with Gasteiger partial charge in [0, 0.05) is 24.3 Å². The minimum absolute atomic E-state index is 0.0255. The topological polar surface area (TPSA) is 197 Å². The number of non-ortho nitro benzene ring substituents is 1.